The van der Waals surface area contributed by atoms with Crippen molar-refractivity contribution in [3.05, 3.63) is 0 Å². The average Bonchev–Trinajstić information content (AvgIpc) is 1.60. The normalized spacial score (nSPS) is 16.0. The molecule has 2 unspecified atom stereocenters. The zero-order chi connectivity index (χ0) is 8.36. The summed E-state index contributed by atoms with van der Waals surface area (Å²) in [7, 11) is 2.42. The monoisotopic (exact) mass is 158 g/mol. The highest BCUT2D eigenvalue weighted by molar-refractivity contribution is 7.40. The van der Waals surface area contributed by atoms with Crippen LogP contribution in [0, 0.1) is 5.41 Å². The Labute approximate surface area is 66.2 Å². The number of rotatable bonds is 2. The second-order valence-electron chi connectivity index (χ2n) is 3.70. The molecule has 0 saturated heterocycles. The maximum absolute atomic E-state index is 11.0. The van der Waals surface area contributed by atoms with E-state index in [2.05, 4.69) is 27.4 Å². The minimum atomic E-state index is 0.152. The third-order valence-electron chi connectivity index (χ3n) is 1.56. The van der Waals surface area contributed by atoms with Crippen LogP contribution in [-0.4, -0.2) is 25.9 Å². The Morgan fingerprint density at radius 3 is 1.90 bits per heavy atom. The maximum atomic E-state index is 11.0. The molecule has 0 aliphatic rings. The lowest BCUT2D eigenvalue weighted by atomic mass is 9.83. The fourth-order valence-corrected chi connectivity index (χ4v) is 2.52. The lowest BCUT2D eigenvalue weighted by Gasteiger charge is -2.27. The molecule has 0 aromatic carbocycles. The molecule has 0 fully saturated rings. The fraction of sp³-hybridized carbons (Fsp3) is 0.857. The Hall–Kier alpha value is 0.165. The lowest BCUT2D eigenvalue weighted by molar-refractivity contribution is -0.112. The van der Waals surface area contributed by atoms with E-state index in [1.165, 1.54) is 0 Å². The van der Waals surface area contributed by atoms with Gasteiger partial charge in [0.2, 0.25) is 0 Å². The van der Waals surface area contributed by atoms with Crippen LogP contribution < -0.4 is 0 Å². The summed E-state index contributed by atoms with van der Waals surface area (Å²) in [6, 6.07) is 0. The Morgan fingerprint density at radius 1 is 1.50 bits per heavy atom. The average molecular weight is 158 g/mol. The molecule has 0 aliphatic carbocycles. The third kappa shape index (κ3) is 2.83. The van der Waals surface area contributed by atoms with Crippen molar-refractivity contribution in [2.45, 2.75) is 26.4 Å². The first-order valence-electron chi connectivity index (χ1n) is 3.57. The number of carbonyl (C=O) groups is 1. The first-order valence-corrected chi connectivity index (χ1v) is 5.15. The summed E-state index contributed by atoms with van der Waals surface area (Å²) in [4.78, 5) is 11.0. The molecule has 0 amide bonds. The van der Waals surface area contributed by atoms with Gasteiger partial charge in [0.1, 0.15) is 0 Å². The van der Waals surface area contributed by atoms with Gasteiger partial charge in [0, 0.05) is 5.66 Å². The van der Waals surface area contributed by atoms with E-state index in [0.29, 0.717) is 5.68 Å². The number of hydrogen-bond acceptors (Lipinski definition) is 1. The summed E-state index contributed by atoms with van der Waals surface area (Å²) >= 11 is 0. The predicted octanol–water partition coefficient (Wildman–Crippen LogP) is 0.869. The Balaban J connectivity index is 4.22. The maximum Gasteiger partial charge on any atom is 0.187 e. The fourth-order valence-electron chi connectivity index (χ4n) is 1.25. The lowest BCUT2D eigenvalue weighted by Crippen LogP contribution is -2.30. The zero-order valence-corrected chi connectivity index (χ0v) is 8.49. The molecule has 0 saturated carbocycles. The molecule has 58 valence electrons. The second kappa shape index (κ2) is 3.53. The van der Waals surface area contributed by atoms with Gasteiger partial charge in [-0.25, -0.2) is 0 Å². The molecule has 1 nitrogen and oxygen atoms in total. The molecular formula is C7H16BOP. The first-order chi connectivity index (χ1) is 4.39. The van der Waals surface area contributed by atoms with E-state index < -0.39 is 0 Å². The largest absolute Gasteiger partial charge is 0.311 e. The Kier molecular flexibility index (Phi) is 3.58. The topological polar surface area (TPSA) is 17.1 Å². The molecule has 10 heavy (non-hydrogen) atoms. The molecule has 0 aromatic rings. The van der Waals surface area contributed by atoms with Crippen LogP contribution in [-0.2, 0) is 4.79 Å². The van der Waals surface area contributed by atoms with Gasteiger partial charge in [-0.15, -0.1) is 8.58 Å². The van der Waals surface area contributed by atoms with Gasteiger partial charge in [-0.2, -0.15) is 0 Å². The van der Waals surface area contributed by atoms with Crippen molar-refractivity contribution in [1.82, 2.24) is 0 Å². The molecular weight excluding hydrogens is 142 g/mol. The zero-order valence-electron chi connectivity index (χ0n) is 7.49. The Bertz CT molecular complexity index is 128. The Morgan fingerprint density at radius 2 is 1.90 bits per heavy atom. The molecule has 0 bridgehead atoms. The molecule has 0 aromatic heterocycles. The van der Waals surface area contributed by atoms with E-state index in [0.717, 1.165) is 8.58 Å². The second-order valence-corrected chi connectivity index (χ2v) is 4.85. The van der Waals surface area contributed by atoms with Crippen molar-refractivity contribution in [3.8, 4) is 0 Å². The summed E-state index contributed by atoms with van der Waals surface area (Å²) in [6.45, 7) is 8.46. The van der Waals surface area contributed by atoms with Crippen LogP contribution in [0.25, 0.3) is 0 Å². The number of hydrogen-bond donors (Lipinski definition) is 0. The van der Waals surface area contributed by atoms with Crippen molar-refractivity contribution in [1.29, 1.82) is 0 Å². The highest BCUT2D eigenvalue weighted by Gasteiger charge is 2.25. The molecule has 0 N–H and O–H groups in total. The van der Waals surface area contributed by atoms with Crippen LogP contribution in [0.5, 0.6) is 0 Å². The van der Waals surface area contributed by atoms with Gasteiger partial charge in [-0.3, -0.25) is 0 Å². The summed E-state index contributed by atoms with van der Waals surface area (Å²) in [5, 5.41) is 0. The third-order valence-corrected chi connectivity index (χ3v) is 3.41. The molecule has 0 radical (unpaired) electrons. The minimum Gasteiger partial charge on any atom is -0.311 e. The van der Waals surface area contributed by atoms with Gasteiger partial charge < -0.3 is 4.79 Å². The van der Waals surface area contributed by atoms with Crippen molar-refractivity contribution in [2.75, 3.05) is 6.66 Å². The van der Waals surface area contributed by atoms with Gasteiger partial charge in [0.05, 0.1) is 5.68 Å². The quantitative estimate of drug-likeness (QED) is 0.430. The summed E-state index contributed by atoms with van der Waals surface area (Å²) in [6.07, 6.45) is 0. The van der Waals surface area contributed by atoms with E-state index in [9.17, 15) is 4.79 Å². The number of carbonyl (C=O) groups excluding carboxylic acids is 1. The molecule has 0 heterocycles. The van der Waals surface area contributed by atoms with Crippen LogP contribution in [0.2, 0.25) is 0 Å². The predicted molar refractivity (Wildman–Crippen MR) is 51.0 cm³/mol. The van der Waals surface area contributed by atoms with Crippen LogP contribution in [0.4, 0.5) is 0 Å². The van der Waals surface area contributed by atoms with Crippen molar-refractivity contribution in [2.24, 2.45) is 5.41 Å². The highest BCUT2D eigenvalue weighted by Crippen LogP contribution is 2.32. The van der Waals surface area contributed by atoms with Crippen LogP contribution in [0.1, 0.15) is 20.8 Å². The van der Waals surface area contributed by atoms with Crippen molar-refractivity contribution in [3.63, 3.8) is 0 Å². The standard InChI is InChI=1S/C7H16BOP/c1-7(2,3)5(10-4)6(8)9/h5,10H,8H2,1-4H3. The van der Waals surface area contributed by atoms with Gasteiger partial charge >= 0.3 is 0 Å². The summed E-state index contributed by atoms with van der Waals surface area (Å²) in [5.74, 6) is 0. The van der Waals surface area contributed by atoms with Crippen LogP contribution in [0.15, 0.2) is 0 Å². The van der Waals surface area contributed by atoms with Crippen molar-refractivity contribution < 1.29 is 4.79 Å². The van der Waals surface area contributed by atoms with Gasteiger partial charge in [0.25, 0.3) is 0 Å². The molecule has 0 spiro atoms. The van der Waals surface area contributed by atoms with E-state index in [1.54, 1.807) is 7.85 Å². The summed E-state index contributed by atoms with van der Waals surface area (Å²) < 4.78 is 0. The molecule has 0 rings (SSSR count). The van der Waals surface area contributed by atoms with E-state index >= 15 is 0 Å². The van der Waals surface area contributed by atoms with Gasteiger partial charge in [-0.1, -0.05) is 20.8 Å². The van der Waals surface area contributed by atoms with E-state index in [1.807, 2.05) is 0 Å². The van der Waals surface area contributed by atoms with E-state index in [4.69, 9.17) is 0 Å². The van der Waals surface area contributed by atoms with Gasteiger partial charge in [0.15, 0.2) is 7.85 Å². The SMILES string of the molecule is BC(=O)C(PC)C(C)(C)C. The van der Waals surface area contributed by atoms with Crippen molar-refractivity contribution >= 4 is 22.1 Å². The summed E-state index contributed by atoms with van der Waals surface area (Å²) in [5.41, 5.74) is 0.736. The smallest absolute Gasteiger partial charge is 0.187 e. The highest BCUT2D eigenvalue weighted by atomic mass is 31.1. The molecule has 2 atom stereocenters. The minimum absolute atomic E-state index is 0.152. The molecule has 3 heteroatoms. The first kappa shape index (κ1) is 10.2. The van der Waals surface area contributed by atoms with Crippen LogP contribution in [0.3, 0.4) is 0 Å². The van der Waals surface area contributed by atoms with E-state index in [-0.39, 0.29) is 11.1 Å². The molecule has 0 aliphatic heterocycles. The van der Waals surface area contributed by atoms with Crippen LogP contribution >= 0.6 is 8.58 Å². The van der Waals surface area contributed by atoms with Gasteiger partial charge in [-0.05, 0) is 12.1 Å².